The highest BCUT2D eigenvalue weighted by molar-refractivity contribution is 5.67. The van der Waals surface area contributed by atoms with Gasteiger partial charge in [-0.05, 0) is 57.6 Å². The Balaban J connectivity index is 2.98. The number of hydrogen-bond donors (Lipinski definition) is 2. The molecule has 0 aliphatic rings. The van der Waals surface area contributed by atoms with Crippen molar-refractivity contribution in [1.82, 2.24) is 4.90 Å². The van der Waals surface area contributed by atoms with Crippen LogP contribution in [0.3, 0.4) is 0 Å². The Labute approximate surface area is 194 Å². The molecule has 1 aromatic rings. The van der Waals surface area contributed by atoms with Crippen molar-refractivity contribution < 1.29 is 24.5 Å². The smallest absolute Gasteiger partial charge is 0.408 e. The molecule has 0 aliphatic heterocycles. The largest absolute Gasteiger partial charge is 0.465 e. The second kappa shape index (κ2) is 14.5. The third-order valence-corrected chi connectivity index (χ3v) is 5.98. The number of hydrogen-bond acceptors (Lipinski definition) is 4. The van der Waals surface area contributed by atoms with E-state index in [9.17, 15) is 15.0 Å². The second-order valence-electron chi connectivity index (χ2n) is 9.71. The van der Waals surface area contributed by atoms with Crippen LogP contribution in [0, 0.1) is 0 Å². The molecule has 0 saturated carbocycles. The number of carbonyl (C=O) groups is 1. The van der Waals surface area contributed by atoms with Gasteiger partial charge in [-0.3, -0.25) is 4.90 Å². The third kappa shape index (κ3) is 9.08. The van der Waals surface area contributed by atoms with Gasteiger partial charge in [0.05, 0.1) is 18.8 Å². The van der Waals surface area contributed by atoms with E-state index in [2.05, 4.69) is 25.1 Å². The molecule has 184 valence electrons. The summed E-state index contributed by atoms with van der Waals surface area (Å²) in [7, 11) is 1.53. The lowest BCUT2D eigenvalue weighted by atomic mass is 9.85. The molecule has 1 unspecified atom stereocenters. The summed E-state index contributed by atoms with van der Waals surface area (Å²) in [4.78, 5) is 13.6. The van der Waals surface area contributed by atoms with E-state index in [-0.39, 0.29) is 20.0 Å². The molecule has 1 rings (SSSR count). The molecule has 1 amide bonds. The number of aliphatic hydroxyl groups is 1. The van der Waals surface area contributed by atoms with Crippen molar-refractivity contribution >= 4 is 6.09 Å². The number of rotatable bonds is 16. The van der Waals surface area contributed by atoms with E-state index >= 15 is 0 Å². The Morgan fingerprint density at radius 3 is 2.12 bits per heavy atom. The van der Waals surface area contributed by atoms with E-state index in [1.165, 1.54) is 55.2 Å². The van der Waals surface area contributed by atoms with Crippen LogP contribution in [0.5, 0.6) is 0 Å². The maximum absolute atomic E-state index is 12.2. The first-order valence-corrected chi connectivity index (χ1v) is 12.0. The Morgan fingerprint density at radius 2 is 1.59 bits per heavy atom. The van der Waals surface area contributed by atoms with E-state index < -0.39 is 17.2 Å². The number of methoxy groups -OCH3 is 1. The van der Waals surface area contributed by atoms with Gasteiger partial charge < -0.3 is 19.7 Å². The SMILES string of the molecule is CCCCCCCCc1ccccc1CCC(CO)(COCOC)N(C(=O)O)C(C)(C)C. The highest BCUT2D eigenvalue weighted by Gasteiger charge is 2.45. The van der Waals surface area contributed by atoms with E-state index in [1.54, 1.807) is 0 Å². The number of benzene rings is 1. The van der Waals surface area contributed by atoms with Crippen LogP contribution in [0.25, 0.3) is 0 Å². The zero-order valence-electron chi connectivity index (χ0n) is 20.9. The molecule has 0 bridgehead atoms. The number of ether oxygens (including phenoxy) is 2. The fourth-order valence-corrected chi connectivity index (χ4v) is 4.47. The third-order valence-electron chi connectivity index (χ3n) is 5.98. The minimum atomic E-state index is -1.06. The normalized spacial score (nSPS) is 13.7. The monoisotopic (exact) mass is 451 g/mol. The predicted octanol–water partition coefficient (Wildman–Crippen LogP) is 5.65. The summed E-state index contributed by atoms with van der Waals surface area (Å²) in [6, 6.07) is 8.38. The zero-order chi connectivity index (χ0) is 24.0. The number of amides is 1. The molecule has 1 aromatic carbocycles. The summed E-state index contributed by atoms with van der Waals surface area (Å²) < 4.78 is 10.6. The molecule has 0 saturated heterocycles. The maximum Gasteiger partial charge on any atom is 0.408 e. The molecular formula is C26H45NO5. The van der Waals surface area contributed by atoms with Gasteiger partial charge in [0, 0.05) is 12.6 Å². The number of unbranched alkanes of at least 4 members (excludes halogenated alkanes) is 5. The van der Waals surface area contributed by atoms with Crippen molar-refractivity contribution in [3.8, 4) is 0 Å². The average Bonchev–Trinajstić information content (AvgIpc) is 2.74. The summed E-state index contributed by atoms with van der Waals surface area (Å²) in [5, 5.41) is 20.4. The number of nitrogens with zero attached hydrogens (tertiary/aromatic N) is 1. The lowest BCUT2D eigenvalue weighted by molar-refractivity contribution is -0.107. The highest BCUT2D eigenvalue weighted by atomic mass is 16.7. The Hall–Kier alpha value is -1.63. The standard InChI is InChI=1S/C26H45NO5/c1-6-7-8-9-10-11-14-22-15-12-13-16-23(22)17-18-26(19-28,20-32-21-31-5)27(24(29)30)25(2,3)4/h12-13,15-16,28H,6-11,14,17-21H2,1-5H3,(H,29,30). The molecule has 0 spiro atoms. The van der Waals surface area contributed by atoms with E-state index in [0.717, 1.165) is 12.8 Å². The van der Waals surface area contributed by atoms with Crippen LogP contribution in [0.15, 0.2) is 24.3 Å². The molecule has 0 radical (unpaired) electrons. The molecule has 6 heteroatoms. The van der Waals surface area contributed by atoms with Gasteiger partial charge in [-0.2, -0.15) is 0 Å². The average molecular weight is 452 g/mol. The molecule has 6 nitrogen and oxygen atoms in total. The fourth-order valence-electron chi connectivity index (χ4n) is 4.47. The van der Waals surface area contributed by atoms with E-state index in [0.29, 0.717) is 12.8 Å². The van der Waals surface area contributed by atoms with Crippen LogP contribution >= 0.6 is 0 Å². The Bertz CT molecular complexity index is 658. The molecule has 0 aliphatic carbocycles. The van der Waals surface area contributed by atoms with Gasteiger partial charge in [0.15, 0.2) is 0 Å². The summed E-state index contributed by atoms with van der Waals surface area (Å²) in [6.45, 7) is 7.56. The topological polar surface area (TPSA) is 79.2 Å². The van der Waals surface area contributed by atoms with Gasteiger partial charge in [0.2, 0.25) is 0 Å². The molecular weight excluding hydrogens is 406 g/mol. The summed E-state index contributed by atoms with van der Waals surface area (Å²) in [6.07, 6.45) is 8.63. The summed E-state index contributed by atoms with van der Waals surface area (Å²) in [5.74, 6) is 0. The lowest BCUT2D eigenvalue weighted by Crippen LogP contribution is -2.63. The molecule has 1 atom stereocenters. The van der Waals surface area contributed by atoms with Crippen molar-refractivity contribution in [2.24, 2.45) is 0 Å². The molecule has 32 heavy (non-hydrogen) atoms. The van der Waals surface area contributed by atoms with Crippen molar-refractivity contribution in [2.75, 3.05) is 27.1 Å². The fraction of sp³-hybridized carbons (Fsp3) is 0.731. The minimum Gasteiger partial charge on any atom is -0.465 e. The van der Waals surface area contributed by atoms with Gasteiger partial charge >= 0.3 is 6.09 Å². The maximum atomic E-state index is 12.2. The van der Waals surface area contributed by atoms with Crippen molar-refractivity contribution in [2.45, 2.75) is 96.6 Å². The summed E-state index contributed by atoms with van der Waals surface area (Å²) in [5.41, 5.74) is 0.772. The van der Waals surface area contributed by atoms with Crippen LogP contribution in [0.1, 0.15) is 83.8 Å². The molecule has 0 heterocycles. The van der Waals surface area contributed by atoms with Crippen LogP contribution in [0.4, 0.5) is 4.79 Å². The Morgan fingerprint density at radius 1 is 1.00 bits per heavy atom. The van der Waals surface area contributed by atoms with Gasteiger partial charge in [-0.25, -0.2) is 4.79 Å². The first-order valence-electron chi connectivity index (χ1n) is 12.0. The van der Waals surface area contributed by atoms with Crippen LogP contribution in [-0.2, 0) is 22.3 Å². The van der Waals surface area contributed by atoms with Gasteiger partial charge in [-0.15, -0.1) is 0 Å². The Kier molecular flexibility index (Phi) is 12.9. The minimum absolute atomic E-state index is 0.0496. The van der Waals surface area contributed by atoms with E-state index in [4.69, 9.17) is 9.47 Å². The second-order valence-corrected chi connectivity index (χ2v) is 9.71. The predicted molar refractivity (Wildman–Crippen MR) is 129 cm³/mol. The molecule has 0 aromatic heterocycles. The van der Waals surface area contributed by atoms with Gasteiger partial charge in [0.1, 0.15) is 6.79 Å². The van der Waals surface area contributed by atoms with Crippen LogP contribution < -0.4 is 0 Å². The van der Waals surface area contributed by atoms with Crippen LogP contribution in [0.2, 0.25) is 0 Å². The van der Waals surface area contributed by atoms with Gasteiger partial charge in [0.25, 0.3) is 0 Å². The first-order chi connectivity index (χ1) is 15.2. The highest BCUT2D eigenvalue weighted by Crippen LogP contribution is 2.31. The lowest BCUT2D eigenvalue weighted by Gasteiger charge is -2.48. The number of aryl methyl sites for hydroxylation is 2. The van der Waals surface area contributed by atoms with Crippen molar-refractivity contribution in [3.63, 3.8) is 0 Å². The molecule has 2 N–H and O–H groups in total. The number of carboxylic acid groups (broad SMARTS) is 1. The number of aliphatic hydroxyl groups excluding tert-OH is 1. The molecule has 0 fully saturated rings. The zero-order valence-corrected chi connectivity index (χ0v) is 20.9. The van der Waals surface area contributed by atoms with Crippen molar-refractivity contribution in [1.29, 1.82) is 0 Å². The first kappa shape index (κ1) is 28.4. The van der Waals surface area contributed by atoms with Crippen LogP contribution in [-0.4, -0.2) is 59.4 Å². The summed E-state index contributed by atoms with van der Waals surface area (Å²) >= 11 is 0. The van der Waals surface area contributed by atoms with Gasteiger partial charge in [-0.1, -0.05) is 63.3 Å². The quantitative estimate of drug-likeness (QED) is 0.251. The van der Waals surface area contributed by atoms with E-state index in [1.807, 2.05) is 26.8 Å². The van der Waals surface area contributed by atoms with Crippen molar-refractivity contribution in [3.05, 3.63) is 35.4 Å².